The van der Waals surface area contributed by atoms with Crippen molar-refractivity contribution >= 4 is 59.2 Å². The molecule has 1 N–H and O–H groups in total. The Morgan fingerprint density at radius 1 is 1.11 bits per heavy atom. The molecule has 35 heavy (non-hydrogen) atoms. The molecule has 9 heteroatoms. The molecule has 6 nitrogen and oxygen atoms in total. The van der Waals surface area contributed by atoms with Crippen molar-refractivity contribution in [3.05, 3.63) is 93.5 Å². The molecule has 0 aliphatic carbocycles. The first-order valence-electron chi connectivity index (χ1n) is 10.6. The quantitative estimate of drug-likeness (QED) is 0.0875. The Balaban J connectivity index is 0.000000641. The minimum absolute atomic E-state index is 0.186. The Morgan fingerprint density at radius 3 is 2.34 bits per heavy atom. The number of nitrogens with zero attached hydrogens (tertiary/aromatic N) is 2. The highest BCUT2D eigenvalue weighted by Gasteiger charge is 2.15. The maximum absolute atomic E-state index is 12.2. The van der Waals surface area contributed by atoms with Gasteiger partial charge in [-0.3, -0.25) is 9.59 Å². The zero-order valence-corrected chi connectivity index (χ0v) is 22.0. The molecule has 2 amide bonds. The first-order chi connectivity index (χ1) is 16.8. The van der Waals surface area contributed by atoms with Gasteiger partial charge in [-0.1, -0.05) is 65.7 Å². The Labute approximate surface area is 220 Å². The first kappa shape index (κ1) is 28.4. The number of carbonyl (C=O) groups is 2. The highest BCUT2D eigenvalue weighted by molar-refractivity contribution is 7.98. The fraction of sp³-hybridized carbons (Fsp3) is 0.192. The van der Waals surface area contributed by atoms with Crippen molar-refractivity contribution < 1.29 is 14.3 Å². The van der Waals surface area contributed by atoms with Gasteiger partial charge in [-0.05, 0) is 47.9 Å². The molecule has 3 aromatic carbocycles. The van der Waals surface area contributed by atoms with Gasteiger partial charge in [0, 0.05) is 29.7 Å². The Morgan fingerprint density at radius 2 is 1.80 bits per heavy atom. The summed E-state index contributed by atoms with van der Waals surface area (Å²) >= 11 is 14.2. The van der Waals surface area contributed by atoms with E-state index in [1.165, 1.54) is 19.0 Å². The van der Waals surface area contributed by atoms with Crippen LogP contribution in [0.3, 0.4) is 0 Å². The summed E-state index contributed by atoms with van der Waals surface area (Å²) in [4.78, 5) is 22.5. The molecule has 0 aliphatic heterocycles. The third-order valence-corrected chi connectivity index (χ3v) is 6.46. The standard InChI is InChI=1S/C23H20Cl2N2OS.C3H7NO2/c1-16-12-21(27(17(2)28)26-14-18-6-4-3-5-7-18)13-22(25)23(16)29-15-19-8-10-20(24)11-9-19;1-6-3-4-2-5/h3-14H,15H2,1-2H3;2H,3H2,1H3,(H,4,5)/b26-14+;. The predicted octanol–water partition coefficient (Wildman–Crippen LogP) is 6.32. The summed E-state index contributed by atoms with van der Waals surface area (Å²) in [5.74, 6) is 0.592. The third kappa shape index (κ3) is 9.74. The highest BCUT2D eigenvalue weighted by atomic mass is 35.5. The van der Waals surface area contributed by atoms with Gasteiger partial charge in [0.1, 0.15) is 6.73 Å². The van der Waals surface area contributed by atoms with Gasteiger partial charge >= 0.3 is 0 Å². The van der Waals surface area contributed by atoms with Gasteiger partial charge in [0.05, 0.1) is 16.9 Å². The fourth-order valence-corrected chi connectivity index (χ4v) is 4.40. The molecule has 0 unspecified atom stereocenters. The largest absolute Gasteiger partial charge is 0.365 e. The summed E-state index contributed by atoms with van der Waals surface area (Å²) in [6, 6.07) is 21.1. The van der Waals surface area contributed by atoms with Crippen LogP contribution in [0.4, 0.5) is 5.69 Å². The lowest BCUT2D eigenvalue weighted by Crippen LogP contribution is -2.22. The van der Waals surface area contributed by atoms with Crippen molar-refractivity contribution in [2.24, 2.45) is 5.10 Å². The van der Waals surface area contributed by atoms with Gasteiger partial charge in [-0.2, -0.15) is 5.10 Å². The molecule has 0 spiro atoms. The van der Waals surface area contributed by atoms with E-state index in [0.29, 0.717) is 23.9 Å². The zero-order valence-electron chi connectivity index (χ0n) is 19.7. The second kappa shape index (κ2) is 15.2. The number of nitrogens with one attached hydrogen (secondary N) is 1. The zero-order chi connectivity index (χ0) is 25.6. The molecule has 0 atom stereocenters. The average molecular weight is 532 g/mol. The summed E-state index contributed by atoms with van der Waals surface area (Å²) in [6.45, 7) is 3.76. The lowest BCUT2D eigenvalue weighted by Gasteiger charge is -2.18. The summed E-state index contributed by atoms with van der Waals surface area (Å²) in [5.41, 5.74) is 3.71. The van der Waals surface area contributed by atoms with Gasteiger partial charge in [0.2, 0.25) is 12.3 Å². The topological polar surface area (TPSA) is 71.0 Å². The number of hydrogen-bond acceptors (Lipinski definition) is 5. The van der Waals surface area contributed by atoms with Gasteiger partial charge in [0.25, 0.3) is 0 Å². The molecule has 0 bridgehead atoms. The summed E-state index contributed by atoms with van der Waals surface area (Å²) in [5, 5.41) is 9.33. The normalized spacial score (nSPS) is 10.4. The molecule has 0 radical (unpaired) electrons. The molecule has 3 aromatic rings. The molecule has 0 saturated carbocycles. The number of halogens is 2. The maximum atomic E-state index is 12.2. The third-order valence-electron chi connectivity index (χ3n) is 4.49. The molecule has 0 heterocycles. The van der Waals surface area contributed by atoms with Crippen LogP contribution in [0.15, 0.2) is 76.7 Å². The van der Waals surface area contributed by atoms with Crippen LogP contribution in [0, 0.1) is 6.92 Å². The smallest absolute Gasteiger partial charge is 0.244 e. The number of aryl methyl sites for hydroxylation is 1. The first-order valence-corrected chi connectivity index (χ1v) is 12.3. The fourth-order valence-electron chi connectivity index (χ4n) is 2.86. The van der Waals surface area contributed by atoms with Crippen molar-refractivity contribution in [3.8, 4) is 0 Å². The molecule has 0 fully saturated rings. The van der Waals surface area contributed by atoms with E-state index < -0.39 is 0 Å². The van der Waals surface area contributed by atoms with Gasteiger partial charge < -0.3 is 10.1 Å². The molecular formula is C26H27Cl2N3O3S. The van der Waals surface area contributed by atoms with E-state index in [0.717, 1.165) is 32.4 Å². The summed E-state index contributed by atoms with van der Waals surface area (Å²) < 4.78 is 4.44. The minimum atomic E-state index is -0.186. The van der Waals surface area contributed by atoms with E-state index in [9.17, 15) is 9.59 Å². The van der Waals surface area contributed by atoms with Crippen LogP contribution in [0.25, 0.3) is 0 Å². The van der Waals surface area contributed by atoms with Crippen molar-refractivity contribution in [2.45, 2.75) is 24.5 Å². The number of carbonyl (C=O) groups excluding carboxylic acids is 2. The van der Waals surface area contributed by atoms with Crippen LogP contribution in [-0.2, 0) is 20.1 Å². The highest BCUT2D eigenvalue weighted by Crippen LogP contribution is 2.36. The number of anilines is 1. The van der Waals surface area contributed by atoms with Gasteiger partial charge in [-0.15, -0.1) is 11.8 Å². The monoisotopic (exact) mass is 531 g/mol. The van der Waals surface area contributed by atoms with E-state index in [-0.39, 0.29) is 5.91 Å². The van der Waals surface area contributed by atoms with Gasteiger partial charge in [-0.25, -0.2) is 5.01 Å². The number of amides is 2. The van der Waals surface area contributed by atoms with Crippen LogP contribution in [0.5, 0.6) is 0 Å². The number of thioether (sulfide) groups is 1. The van der Waals surface area contributed by atoms with Crippen LogP contribution >= 0.6 is 35.0 Å². The number of hydrazone groups is 1. The molecule has 3 rings (SSSR count). The van der Waals surface area contributed by atoms with Crippen molar-refractivity contribution in [1.29, 1.82) is 0 Å². The predicted molar refractivity (Wildman–Crippen MR) is 145 cm³/mol. The number of rotatable bonds is 9. The van der Waals surface area contributed by atoms with E-state index in [2.05, 4.69) is 15.2 Å². The van der Waals surface area contributed by atoms with E-state index in [1.807, 2.05) is 67.6 Å². The van der Waals surface area contributed by atoms with Crippen LogP contribution in [0.2, 0.25) is 10.0 Å². The molecule has 0 aliphatic rings. The molecule has 0 aromatic heterocycles. The SMILES string of the molecule is CC(=O)N(/N=C/c1ccccc1)c1cc(C)c(SCc2ccc(Cl)cc2)c(Cl)c1.COCNC=O. The van der Waals surface area contributed by atoms with Crippen molar-refractivity contribution in [2.75, 3.05) is 18.8 Å². The van der Waals surface area contributed by atoms with Gasteiger partial charge in [0.15, 0.2) is 0 Å². The average Bonchev–Trinajstić information content (AvgIpc) is 2.84. The second-order valence-electron chi connectivity index (χ2n) is 7.23. The Bertz CT molecular complexity index is 1100. The number of ether oxygens (including phenoxy) is 1. The lowest BCUT2D eigenvalue weighted by atomic mass is 10.2. The van der Waals surface area contributed by atoms with Crippen molar-refractivity contribution in [3.63, 3.8) is 0 Å². The van der Waals surface area contributed by atoms with E-state index in [4.69, 9.17) is 23.2 Å². The van der Waals surface area contributed by atoms with E-state index >= 15 is 0 Å². The summed E-state index contributed by atoms with van der Waals surface area (Å²) in [7, 11) is 1.51. The summed E-state index contributed by atoms with van der Waals surface area (Å²) in [6.07, 6.45) is 2.25. The lowest BCUT2D eigenvalue weighted by molar-refractivity contribution is -0.116. The number of benzene rings is 3. The minimum Gasteiger partial charge on any atom is -0.365 e. The Kier molecular flexibility index (Phi) is 12.3. The van der Waals surface area contributed by atoms with Crippen LogP contribution < -0.4 is 10.3 Å². The second-order valence-corrected chi connectivity index (χ2v) is 9.06. The van der Waals surface area contributed by atoms with Crippen molar-refractivity contribution in [1.82, 2.24) is 5.32 Å². The number of methoxy groups -OCH3 is 1. The Hall–Kier alpha value is -2.84. The van der Waals surface area contributed by atoms with E-state index in [1.54, 1.807) is 24.0 Å². The molecule has 184 valence electrons. The maximum Gasteiger partial charge on any atom is 0.244 e. The number of hydrogen-bond donors (Lipinski definition) is 1. The molecular weight excluding hydrogens is 505 g/mol. The van der Waals surface area contributed by atoms with Crippen LogP contribution in [-0.4, -0.2) is 32.4 Å². The van der Waals surface area contributed by atoms with Crippen LogP contribution in [0.1, 0.15) is 23.6 Å². The molecule has 0 saturated heterocycles.